The van der Waals surface area contributed by atoms with Crippen LogP contribution in [0.1, 0.15) is 51.0 Å². The summed E-state index contributed by atoms with van der Waals surface area (Å²) in [7, 11) is 1.34. The zero-order chi connectivity index (χ0) is 20.0. The van der Waals surface area contributed by atoms with Gasteiger partial charge in [0.25, 0.3) is 0 Å². The Bertz CT molecular complexity index is 604. The van der Waals surface area contributed by atoms with Crippen molar-refractivity contribution in [2.24, 2.45) is 4.99 Å². The van der Waals surface area contributed by atoms with E-state index in [4.69, 9.17) is 4.74 Å². The van der Waals surface area contributed by atoms with Crippen molar-refractivity contribution in [1.82, 2.24) is 10.6 Å². The number of hydrogen-bond donors (Lipinski definition) is 3. The molecule has 1 saturated carbocycles. The molecule has 1 amide bonds. The topological polar surface area (TPSA) is 84.0 Å². The number of carbonyl (C=O) groups is 1. The average Bonchev–Trinajstić information content (AvgIpc) is 2.73. The molecule has 0 atom stereocenters. The van der Waals surface area contributed by atoms with Crippen LogP contribution in [0.2, 0.25) is 0 Å². The van der Waals surface area contributed by atoms with Crippen molar-refractivity contribution in [1.29, 1.82) is 0 Å². The van der Waals surface area contributed by atoms with Crippen LogP contribution in [0.5, 0.6) is 0 Å². The minimum absolute atomic E-state index is 0. The molecule has 164 valence electrons. The van der Waals surface area contributed by atoms with Gasteiger partial charge < -0.3 is 20.1 Å². The highest BCUT2D eigenvalue weighted by molar-refractivity contribution is 14.0. The summed E-state index contributed by atoms with van der Waals surface area (Å²) in [6, 6.07) is 7.56. The molecule has 8 heteroatoms. The van der Waals surface area contributed by atoms with Gasteiger partial charge in [0.05, 0.1) is 19.8 Å². The van der Waals surface area contributed by atoms with E-state index in [0.717, 1.165) is 37.6 Å². The van der Waals surface area contributed by atoms with E-state index >= 15 is 0 Å². The molecule has 2 rings (SSSR count). The predicted octanol–water partition coefficient (Wildman–Crippen LogP) is 4.28. The van der Waals surface area contributed by atoms with Gasteiger partial charge in [0.2, 0.25) is 0 Å². The number of halogens is 1. The summed E-state index contributed by atoms with van der Waals surface area (Å²) < 4.78 is 10.5. The zero-order valence-electron chi connectivity index (χ0n) is 17.5. The first-order chi connectivity index (χ1) is 13.7. The van der Waals surface area contributed by atoms with Gasteiger partial charge in [0.15, 0.2) is 5.96 Å². The van der Waals surface area contributed by atoms with E-state index in [1.165, 1.54) is 39.2 Å². The van der Waals surface area contributed by atoms with Crippen LogP contribution in [0.15, 0.2) is 29.3 Å². The fourth-order valence-electron chi connectivity index (χ4n) is 3.14. The Morgan fingerprint density at radius 1 is 1.14 bits per heavy atom. The number of anilines is 1. The van der Waals surface area contributed by atoms with Crippen LogP contribution in [0.4, 0.5) is 10.5 Å². The standard InChI is InChI=1S/C21H34N4O3.HI/c1-3-22-20(23-14-7-15-28-19-8-5-4-6-9-19)24-16-17-10-12-18(13-11-17)25-21(26)27-2;/h10-13,19H,3-9,14-16H2,1-2H3,(H,25,26)(H2,22,23,24);1H. The van der Waals surface area contributed by atoms with Crippen LogP contribution in [-0.4, -0.2) is 45.0 Å². The van der Waals surface area contributed by atoms with Gasteiger partial charge in [0.1, 0.15) is 0 Å². The van der Waals surface area contributed by atoms with Crippen molar-refractivity contribution in [3.8, 4) is 0 Å². The van der Waals surface area contributed by atoms with Gasteiger partial charge in [-0.15, -0.1) is 24.0 Å². The number of amides is 1. The quantitative estimate of drug-likeness (QED) is 0.197. The highest BCUT2D eigenvalue weighted by Gasteiger charge is 2.12. The lowest BCUT2D eigenvalue weighted by Gasteiger charge is -2.22. The average molecular weight is 518 g/mol. The molecule has 1 aliphatic rings. The molecule has 0 bridgehead atoms. The maximum atomic E-state index is 11.2. The molecule has 1 aromatic rings. The predicted molar refractivity (Wildman–Crippen MR) is 128 cm³/mol. The number of nitrogens with zero attached hydrogens (tertiary/aromatic N) is 1. The lowest BCUT2D eigenvalue weighted by Crippen LogP contribution is -2.38. The molecule has 29 heavy (non-hydrogen) atoms. The third kappa shape index (κ3) is 10.7. The Labute approximate surface area is 191 Å². The molecule has 3 N–H and O–H groups in total. The molecule has 1 aliphatic carbocycles. The number of methoxy groups -OCH3 is 1. The van der Waals surface area contributed by atoms with Crippen molar-refractivity contribution in [3.05, 3.63) is 29.8 Å². The van der Waals surface area contributed by atoms with Crippen LogP contribution in [-0.2, 0) is 16.0 Å². The third-order valence-corrected chi connectivity index (χ3v) is 4.67. The molecule has 7 nitrogen and oxygen atoms in total. The second kappa shape index (κ2) is 15.3. The first kappa shape index (κ1) is 25.5. The van der Waals surface area contributed by atoms with Crippen LogP contribution < -0.4 is 16.0 Å². The van der Waals surface area contributed by atoms with Gasteiger partial charge >= 0.3 is 6.09 Å². The molecular formula is C21H35IN4O3. The second-order valence-electron chi connectivity index (χ2n) is 6.92. The van der Waals surface area contributed by atoms with Crippen molar-refractivity contribution >= 4 is 41.7 Å². The van der Waals surface area contributed by atoms with E-state index < -0.39 is 6.09 Å². The van der Waals surface area contributed by atoms with Gasteiger partial charge in [-0.25, -0.2) is 9.79 Å². The van der Waals surface area contributed by atoms with Gasteiger partial charge in [-0.1, -0.05) is 31.4 Å². The van der Waals surface area contributed by atoms with Gasteiger partial charge in [-0.2, -0.15) is 0 Å². The number of rotatable bonds is 9. The van der Waals surface area contributed by atoms with E-state index in [2.05, 4.69) is 32.6 Å². The molecule has 0 spiro atoms. The summed E-state index contributed by atoms with van der Waals surface area (Å²) in [5.41, 5.74) is 1.76. The summed E-state index contributed by atoms with van der Waals surface area (Å²) in [5.74, 6) is 0.803. The molecule has 1 aromatic carbocycles. The molecule has 0 aromatic heterocycles. The number of carbonyl (C=O) groups excluding carboxylic acids is 1. The van der Waals surface area contributed by atoms with E-state index in [1.807, 2.05) is 24.3 Å². The number of benzene rings is 1. The summed E-state index contributed by atoms with van der Waals surface area (Å²) in [5, 5.41) is 9.26. The lowest BCUT2D eigenvalue weighted by molar-refractivity contribution is 0.0277. The molecule has 0 radical (unpaired) electrons. The highest BCUT2D eigenvalue weighted by Crippen LogP contribution is 2.20. The Hall–Kier alpha value is -1.55. The van der Waals surface area contributed by atoms with Crippen molar-refractivity contribution in [2.75, 3.05) is 32.1 Å². The van der Waals surface area contributed by atoms with Crippen LogP contribution in [0, 0.1) is 0 Å². The first-order valence-electron chi connectivity index (χ1n) is 10.3. The van der Waals surface area contributed by atoms with E-state index in [9.17, 15) is 4.79 Å². The van der Waals surface area contributed by atoms with Crippen molar-refractivity contribution in [2.45, 2.75) is 58.1 Å². The van der Waals surface area contributed by atoms with E-state index in [-0.39, 0.29) is 24.0 Å². The second-order valence-corrected chi connectivity index (χ2v) is 6.92. The molecular weight excluding hydrogens is 483 g/mol. The van der Waals surface area contributed by atoms with Gasteiger partial charge in [0, 0.05) is 25.4 Å². The van der Waals surface area contributed by atoms with Crippen molar-refractivity contribution in [3.63, 3.8) is 0 Å². The molecule has 0 unspecified atom stereocenters. The minimum Gasteiger partial charge on any atom is -0.453 e. The highest BCUT2D eigenvalue weighted by atomic mass is 127. The summed E-state index contributed by atoms with van der Waals surface area (Å²) in [6.45, 7) is 5.06. The van der Waals surface area contributed by atoms with E-state index in [0.29, 0.717) is 18.3 Å². The number of aliphatic imine (C=N–C) groups is 1. The normalized spacial score (nSPS) is 14.6. The van der Waals surface area contributed by atoms with Gasteiger partial charge in [-0.05, 0) is 43.9 Å². The maximum absolute atomic E-state index is 11.2. The lowest BCUT2D eigenvalue weighted by atomic mass is 9.98. The van der Waals surface area contributed by atoms with Crippen LogP contribution in [0.25, 0.3) is 0 Å². The molecule has 1 fully saturated rings. The minimum atomic E-state index is -0.475. The Balaban J connectivity index is 0.00000420. The van der Waals surface area contributed by atoms with Crippen molar-refractivity contribution < 1.29 is 14.3 Å². The SMILES string of the molecule is CCNC(=NCc1ccc(NC(=O)OC)cc1)NCCCOC1CCCCC1.I. The summed E-state index contributed by atoms with van der Waals surface area (Å²) in [4.78, 5) is 15.8. The fourth-order valence-corrected chi connectivity index (χ4v) is 3.14. The van der Waals surface area contributed by atoms with Crippen LogP contribution in [0.3, 0.4) is 0 Å². The molecule has 0 aliphatic heterocycles. The monoisotopic (exact) mass is 518 g/mol. The van der Waals surface area contributed by atoms with E-state index in [1.54, 1.807) is 0 Å². The Morgan fingerprint density at radius 2 is 1.86 bits per heavy atom. The first-order valence-corrected chi connectivity index (χ1v) is 10.3. The maximum Gasteiger partial charge on any atom is 0.411 e. The summed E-state index contributed by atoms with van der Waals surface area (Å²) in [6.07, 6.45) is 7.35. The largest absolute Gasteiger partial charge is 0.453 e. The van der Waals surface area contributed by atoms with Crippen LogP contribution >= 0.6 is 24.0 Å². The molecule has 0 saturated heterocycles. The Kier molecular flexibility index (Phi) is 13.5. The zero-order valence-corrected chi connectivity index (χ0v) is 19.9. The third-order valence-electron chi connectivity index (χ3n) is 4.67. The summed E-state index contributed by atoms with van der Waals surface area (Å²) >= 11 is 0. The number of hydrogen-bond acceptors (Lipinski definition) is 4. The molecule has 0 heterocycles. The number of guanidine groups is 1. The number of nitrogens with one attached hydrogen (secondary N) is 3. The van der Waals surface area contributed by atoms with Gasteiger partial charge in [-0.3, -0.25) is 5.32 Å². The number of ether oxygens (including phenoxy) is 2. The smallest absolute Gasteiger partial charge is 0.411 e. The Morgan fingerprint density at radius 3 is 2.52 bits per heavy atom. The fraction of sp³-hybridized carbons (Fsp3) is 0.619.